The lowest BCUT2D eigenvalue weighted by molar-refractivity contribution is -0.0231. The van der Waals surface area contributed by atoms with Crippen LogP contribution in [-0.2, 0) is 17.8 Å². The lowest BCUT2D eigenvalue weighted by atomic mass is 10.2. The summed E-state index contributed by atoms with van der Waals surface area (Å²) in [6.45, 7) is 14.2. The van der Waals surface area contributed by atoms with Crippen molar-refractivity contribution in [3.63, 3.8) is 0 Å². The molecule has 2 rings (SSSR count). The second-order valence-corrected chi connectivity index (χ2v) is 6.26. The second-order valence-electron chi connectivity index (χ2n) is 6.26. The predicted molar refractivity (Wildman–Crippen MR) is 80.7 cm³/mol. The summed E-state index contributed by atoms with van der Waals surface area (Å²) in [6, 6.07) is 2.17. The molecule has 2 heterocycles. The Bertz CT molecular complexity index is 415. The van der Waals surface area contributed by atoms with Crippen molar-refractivity contribution in [3.8, 4) is 0 Å². The average Bonchev–Trinajstić information content (AvgIpc) is 2.69. The first-order chi connectivity index (χ1) is 9.54. The van der Waals surface area contributed by atoms with Crippen LogP contribution in [0.5, 0.6) is 0 Å². The van der Waals surface area contributed by atoms with Crippen LogP contribution in [0.25, 0.3) is 0 Å². The van der Waals surface area contributed by atoms with Gasteiger partial charge in [0, 0.05) is 13.1 Å². The van der Waals surface area contributed by atoms with Gasteiger partial charge in [-0.2, -0.15) is 0 Å². The molecule has 1 aromatic rings. The van der Waals surface area contributed by atoms with Crippen molar-refractivity contribution >= 4 is 0 Å². The number of rotatable bonds is 6. The van der Waals surface area contributed by atoms with Gasteiger partial charge in [0.25, 0.3) is 0 Å². The van der Waals surface area contributed by atoms with E-state index in [0.29, 0.717) is 12.0 Å². The Morgan fingerprint density at radius 2 is 2.25 bits per heavy atom. The predicted octanol–water partition coefficient (Wildman–Crippen LogP) is 2.55. The van der Waals surface area contributed by atoms with E-state index in [1.165, 1.54) is 5.56 Å². The Labute approximate surface area is 122 Å². The van der Waals surface area contributed by atoms with E-state index in [-0.39, 0.29) is 0 Å². The monoisotopic (exact) mass is 280 g/mol. The van der Waals surface area contributed by atoms with Crippen LogP contribution in [0.3, 0.4) is 0 Å². The molecule has 0 amide bonds. The Morgan fingerprint density at radius 3 is 2.95 bits per heavy atom. The van der Waals surface area contributed by atoms with E-state index in [9.17, 15) is 0 Å². The van der Waals surface area contributed by atoms with Crippen LogP contribution in [0.15, 0.2) is 10.5 Å². The highest BCUT2D eigenvalue weighted by atomic mass is 16.5. The third-order valence-corrected chi connectivity index (χ3v) is 3.61. The molecule has 1 atom stereocenters. The number of morpholine rings is 1. The maximum absolute atomic E-state index is 5.99. The van der Waals surface area contributed by atoms with E-state index in [1.54, 1.807) is 0 Å². The first-order valence-corrected chi connectivity index (χ1v) is 7.67. The summed E-state index contributed by atoms with van der Waals surface area (Å²) in [5, 5.41) is 3.44. The van der Waals surface area contributed by atoms with Gasteiger partial charge in [0.1, 0.15) is 11.5 Å². The summed E-state index contributed by atoms with van der Waals surface area (Å²) in [5.41, 5.74) is 1.25. The Balaban J connectivity index is 1.86. The molecule has 0 bridgehead atoms. The van der Waals surface area contributed by atoms with Gasteiger partial charge < -0.3 is 14.5 Å². The smallest absolute Gasteiger partial charge is 0.120 e. The number of ether oxygens (including phenoxy) is 1. The number of nitrogens with one attached hydrogen (secondary N) is 1. The summed E-state index contributed by atoms with van der Waals surface area (Å²) in [6.07, 6.45) is 0.326. The number of furan rings is 1. The molecule has 1 N–H and O–H groups in total. The molecule has 0 spiro atoms. The minimum absolute atomic E-state index is 0.326. The van der Waals surface area contributed by atoms with Crippen molar-refractivity contribution in [1.82, 2.24) is 10.2 Å². The van der Waals surface area contributed by atoms with Gasteiger partial charge in [0.05, 0.1) is 25.8 Å². The largest absolute Gasteiger partial charge is 0.463 e. The van der Waals surface area contributed by atoms with Crippen LogP contribution in [-0.4, -0.2) is 37.2 Å². The Kier molecular flexibility index (Phi) is 5.64. The molecule has 20 heavy (non-hydrogen) atoms. The van der Waals surface area contributed by atoms with Crippen molar-refractivity contribution in [3.05, 3.63) is 23.2 Å². The third kappa shape index (κ3) is 4.62. The zero-order chi connectivity index (χ0) is 14.5. The fraction of sp³-hybridized carbons (Fsp3) is 0.750. The first kappa shape index (κ1) is 15.5. The molecular weight excluding hydrogens is 252 g/mol. The highest BCUT2D eigenvalue weighted by Gasteiger charge is 2.18. The zero-order valence-corrected chi connectivity index (χ0v) is 13.2. The van der Waals surface area contributed by atoms with Crippen molar-refractivity contribution in [2.45, 2.75) is 46.9 Å². The highest BCUT2D eigenvalue weighted by Crippen LogP contribution is 2.17. The molecule has 1 aliphatic heterocycles. The molecule has 1 aromatic heterocycles. The topological polar surface area (TPSA) is 37.6 Å². The third-order valence-electron chi connectivity index (χ3n) is 3.61. The number of aryl methyl sites for hydroxylation is 1. The van der Waals surface area contributed by atoms with Crippen molar-refractivity contribution in [2.24, 2.45) is 5.92 Å². The van der Waals surface area contributed by atoms with Gasteiger partial charge in [0.15, 0.2) is 0 Å². The average molecular weight is 280 g/mol. The van der Waals surface area contributed by atoms with E-state index in [0.717, 1.165) is 50.9 Å². The van der Waals surface area contributed by atoms with Crippen LogP contribution in [0.1, 0.15) is 37.9 Å². The number of hydrogen-bond acceptors (Lipinski definition) is 4. The minimum atomic E-state index is 0.326. The lowest BCUT2D eigenvalue weighted by Gasteiger charge is -2.30. The first-order valence-electron chi connectivity index (χ1n) is 7.67. The van der Waals surface area contributed by atoms with E-state index in [1.807, 2.05) is 0 Å². The molecule has 0 radical (unpaired) electrons. The summed E-state index contributed by atoms with van der Waals surface area (Å²) in [4.78, 5) is 2.40. The fourth-order valence-corrected chi connectivity index (χ4v) is 2.57. The summed E-state index contributed by atoms with van der Waals surface area (Å²) in [5.74, 6) is 2.81. The van der Waals surface area contributed by atoms with E-state index in [4.69, 9.17) is 9.15 Å². The van der Waals surface area contributed by atoms with Crippen LogP contribution in [0.4, 0.5) is 0 Å². The second kappa shape index (κ2) is 7.25. The minimum Gasteiger partial charge on any atom is -0.463 e. The summed E-state index contributed by atoms with van der Waals surface area (Å²) in [7, 11) is 0. The summed E-state index contributed by atoms with van der Waals surface area (Å²) < 4.78 is 11.6. The van der Waals surface area contributed by atoms with Crippen LogP contribution in [0.2, 0.25) is 0 Å². The normalized spacial score (nSPS) is 20.8. The lowest BCUT2D eigenvalue weighted by Crippen LogP contribution is -2.40. The molecule has 0 aromatic carbocycles. The van der Waals surface area contributed by atoms with Gasteiger partial charge in [-0.05, 0) is 37.9 Å². The van der Waals surface area contributed by atoms with Gasteiger partial charge in [-0.25, -0.2) is 0 Å². The van der Waals surface area contributed by atoms with Crippen LogP contribution in [0, 0.1) is 12.8 Å². The molecular formula is C16H28N2O2. The Morgan fingerprint density at radius 1 is 1.45 bits per heavy atom. The van der Waals surface area contributed by atoms with Gasteiger partial charge in [-0.15, -0.1) is 0 Å². The van der Waals surface area contributed by atoms with E-state index < -0.39 is 0 Å². The molecule has 4 nitrogen and oxygen atoms in total. The number of nitrogens with zero attached hydrogens (tertiary/aromatic N) is 1. The highest BCUT2D eigenvalue weighted by molar-refractivity contribution is 5.20. The molecule has 1 aliphatic rings. The maximum atomic E-state index is 5.99. The SMILES string of the molecule is Cc1cc(CN2CCOC(C)C2)oc1CNCC(C)C. The van der Waals surface area contributed by atoms with E-state index in [2.05, 4.69) is 44.0 Å². The molecule has 1 fully saturated rings. The van der Waals surface area contributed by atoms with Gasteiger partial charge in [-0.3, -0.25) is 4.90 Å². The van der Waals surface area contributed by atoms with E-state index >= 15 is 0 Å². The van der Waals surface area contributed by atoms with Crippen LogP contribution < -0.4 is 5.32 Å². The van der Waals surface area contributed by atoms with Crippen molar-refractivity contribution < 1.29 is 9.15 Å². The van der Waals surface area contributed by atoms with Crippen molar-refractivity contribution in [1.29, 1.82) is 0 Å². The zero-order valence-electron chi connectivity index (χ0n) is 13.2. The standard InChI is InChI=1S/C16H28N2O2/c1-12(2)8-17-9-16-13(3)7-15(20-16)11-18-5-6-19-14(4)10-18/h7,12,14,17H,5-6,8-11H2,1-4H3. The van der Waals surface area contributed by atoms with Gasteiger partial charge in [-0.1, -0.05) is 13.8 Å². The molecule has 1 unspecified atom stereocenters. The molecule has 0 aliphatic carbocycles. The Hall–Kier alpha value is -0.840. The molecule has 114 valence electrons. The quantitative estimate of drug-likeness (QED) is 0.869. The van der Waals surface area contributed by atoms with Gasteiger partial charge >= 0.3 is 0 Å². The molecule has 4 heteroatoms. The van der Waals surface area contributed by atoms with Gasteiger partial charge in [0.2, 0.25) is 0 Å². The molecule has 0 saturated carbocycles. The fourth-order valence-electron chi connectivity index (χ4n) is 2.57. The molecule has 1 saturated heterocycles. The maximum Gasteiger partial charge on any atom is 0.120 e. The van der Waals surface area contributed by atoms with Crippen LogP contribution >= 0.6 is 0 Å². The number of hydrogen-bond donors (Lipinski definition) is 1. The summed E-state index contributed by atoms with van der Waals surface area (Å²) >= 11 is 0. The van der Waals surface area contributed by atoms with Crippen molar-refractivity contribution in [2.75, 3.05) is 26.2 Å².